The number of hydrogen-bond acceptors (Lipinski definition) is 4. The van der Waals surface area contributed by atoms with Crippen LogP contribution in [0.2, 0.25) is 0 Å². The fraction of sp³-hybridized carbons (Fsp3) is 0.423. The summed E-state index contributed by atoms with van der Waals surface area (Å²) in [6, 6.07) is 15.4. The summed E-state index contributed by atoms with van der Waals surface area (Å²) >= 11 is 0. The van der Waals surface area contributed by atoms with Crippen molar-refractivity contribution in [3.8, 4) is 11.1 Å². The molecule has 0 aliphatic heterocycles. The van der Waals surface area contributed by atoms with Crippen molar-refractivity contribution < 1.29 is 24.2 Å². The van der Waals surface area contributed by atoms with Crippen molar-refractivity contribution in [3.63, 3.8) is 0 Å². The van der Waals surface area contributed by atoms with Crippen molar-refractivity contribution in [1.29, 1.82) is 0 Å². The number of hydrogen-bond donors (Lipinski definition) is 2. The van der Waals surface area contributed by atoms with Crippen LogP contribution < -0.4 is 5.32 Å². The smallest absolute Gasteiger partial charge is 0.407 e. The molecule has 1 aliphatic carbocycles. The van der Waals surface area contributed by atoms with E-state index in [9.17, 15) is 14.4 Å². The first kappa shape index (κ1) is 24.3. The van der Waals surface area contributed by atoms with Crippen LogP contribution in [0.25, 0.3) is 11.1 Å². The molecule has 1 aliphatic rings. The molecule has 0 fully saturated rings. The number of amides is 2. The van der Waals surface area contributed by atoms with Crippen molar-refractivity contribution >= 4 is 18.0 Å². The topological polar surface area (TPSA) is 95.9 Å². The number of aliphatic carboxylic acids is 1. The summed E-state index contributed by atoms with van der Waals surface area (Å²) in [5, 5.41) is 11.7. The Hall–Kier alpha value is -3.35. The Morgan fingerprint density at radius 1 is 1.03 bits per heavy atom. The van der Waals surface area contributed by atoms with Crippen LogP contribution in [-0.2, 0) is 14.3 Å². The molecular formula is C26H32N2O5. The third-order valence-corrected chi connectivity index (χ3v) is 6.39. The van der Waals surface area contributed by atoms with Crippen molar-refractivity contribution in [2.45, 2.75) is 45.6 Å². The molecule has 2 aromatic rings. The molecule has 0 radical (unpaired) electrons. The van der Waals surface area contributed by atoms with Crippen molar-refractivity contribution in [1.82, 2.24) is 10.2 Å². The third-order valence-electron chi connectivity index (χ3n) is 6.39. The lowest BCUT2D eigenvalue weighted by Crippen LogP contribution is -2.52. The number of carboxylic acid groups (broad SMARTS) is 1. The molecule has 176 valence electrons. The van der Waals surface area contributed by atoms with Crippen LogP contribution in [0.3, 0.4) is 0 Å². The number of carboxylic acids is 1. The minimum atomic E-state index is -0.967. The monoisotopic (exact) mass is 452 g/mol. The van der Waals surface area contributed by atoms with E-state index >= 15 is 0 Å². The largest absolute Gasteiger partial charge is 0.481 e. The Morgan fingerprint density at radius 2 is 1.61 bits per heavy atom. The van der Waals surface area contributed by atoms with Crippen LogP contribution in [0.4, 0.5) is 4.79 Å². The number of nitrogens with zero attached hydrogens (tertiary/aromatic N) is 1. The van der Waals surface area contributed by atoms with Crippen LogP contribution in [0.5, 0.6) is 0 Å². The lowest BCUT2D eigenvalue weighted by molar-refractivity contribution is -0.139. The van der Waals surface area contributed by atoms with Gasteiger partial charge in [0.1, 0.15) is 12.6 Å². The number of carbonyl (C=O) groups is 3. The number of fused-ring (bicyclic) bond motifs is 3. The number of alkyl carbamates (subject to hydrolysis) is 1. The van der Waals surface area contributed by atoms with E-state index in [0.29, 0.717) is 13.0 Å². The molecule has 2 atom stereocenters. The van der Waals surface area contributed by atoms with Gasteiger partial charge in [0.2, 0.25) is 5.91 Å². The molecule has 0 spiro atoms. The van der Waals surface area contributed by atoms with Gasteiger partial charge in [-0.05, 0) is 35.1 Å². The highest BCUT2D eigenvalue weighted by atomic mass is 16.5. The van der Waals surface area contributed by atoms with E-state index in [2.05, 4.69) is 17.4 Å². The molecule has 0 bridgehead atoms. The summed E-state index contributed by atoms with van der Waals surface area (Å²) in [4.78, 5) is 38.2. The highest BCUT2D eigenvalue weighted by Gasteiger charge is 2.32. The summed E-state index contributed by atoms with van der Waals surface area (Å²) in [6.45, 7) is 6.25. The quantitative estimate of drug-likeness (QED) is 0.561. The molecule has 0 saturated heterocycles. The highest BCUT2D eigenvalue weighted by molar-refractivity contribution is 5.86. The summed E-state index contributed by atoms with van der Waals surface area (Å²) in [6.07, 6.45) is -0.112. The fourth-order valence-electron chi connectivity index (χ4n) is 4.30. The van der Waals surface area contributed by atoms with E-state index in [1.165, 1.54) is 4.90 Å². The molecule has 7 heteroatoms. The summed E-state index contributed by atoms with van der Waals surface area (Å²) in [7, 11) is 0. The number of benzene rings is 2. The van der Waals surface area contributed by atoms with Crippen molar-refractivity contribution in [2.75, 3.05) is 19.7 Å². The summed E-state index contributed by atoms with van der Waals surface area (Å²) in [5.74, 6) is -1.45. The van der Waals surface area contributed by atoms with E-state index in [1.54, 1.807) is 6.92 Å². The van der Waals surface area contributed by atoms with Crippen LogP contribution >= 0.6 is 0 Å². The van der Waals surface area contributed by atoms with Gasteiger partial charge in [0.15, 0.2) is 0 Å². The molecule has 0 heterocycles. The van der Waals surface area contributed by atoms with Crippen LogP contribution in [0.15, 0.2) is 48.5 Å². The van der Waals surface area contributed by atoms with Crippen LogP contribution in [0.1, 0.15) is 50.7 Å². The van der Waals surface area contributed by atoms with Gasteiger partial charge >= 0.3 is 12.1 Å². The maximum Gasteiger partial charge on any atom is 0.407 e. The summed E-state index contributed by atoms with van der Waals surface area (Å²) in [5.41, 5.74) is 4.53. The van der Waals surface area contributed by atoms with Gasteiger partial charge in [-0.15, -0.1) is 0 Å². The molecule has 2 N–H and O–H groups in total. The number of ether oxygens (including phenoxy) is 1. The second-order valence-electron chi connectivity index (χ2n) is 8.39. The minimum absolute atomic E-state index is 0.0661. The lowest BCUT2D eigenvalue weighted by atomic mass is 9.97. The third kappa shape index (κ3) is 5.53. The Morgan fingerprint density at radius 3 is 2.12 bits per heavy atom. The first-order valence-electron chi connectivity index (χ1n) is 11.5. The lowest BCUT2D eigenvalue weighted by Gasteiger charge is -2.29. The molecule has 2 amide bonds. The Labute approximate surface area is 194 Å². The van der Waals surface area contributed by atoms with Gasteiger partial charge in [-0.1, -0.05) is 68.8 Å². The number of likely N-dealkylation sites (N-methyl/N-ethyl adjacent to an activating group) is 1. The SMILES string of the molecule is CC[C@H](C)[C@H](NC(=O)OCC1c2ccccc2-c2ccccc21)C(=O)N(CC)CCC(=O)O. The van der Waals surface area contributed by atoms with E-state index < -0.39 is 18.1 Å². The Kier molecular flexibility index (Phi) is 8.09. The zero-order valence-corrected chi connectivity index (χ0v) is 19.4. The van der Waals surface area contributed by atoms with Gasteiger partial charge in [0, 0.05) is 19.0 Å². The molecule has 2 aromatic carbocycles. The fourth-order valence-corrected chi connectivity index (χ4v) is 4.30. The van der Waals surface area contributed by atoms with Gasteiger partial charge < -0.3 is 20.1 Å². The number of nitrogens with one attached hydrogen (secondary N) is 1. The predicted octanol–water partition coefficient (Wildman–Crippen LogP) is 4.26. The van der Waals surface area contributed by atoms with Gasteiger partial charge in [0.05, 0.1) is 6.42 Å². The zero-order valence-electron chi connectivity index (χ0n) is 19.4. The van der Waals surface area contributed by atoms with Gasteiger partial charge in [-0.25, -0.2) is 4.79 Å². The second-order valence-corrected chi connectivity index (χ2v) is 8.39. The predicted molar refractivity (Wildman–Crippen MR) is 126 cm³/mol. The van der Waals surface area contributed by atoms with Crippen LogP contribution in [0, 0.1) is 5.92 Å². The minimum Gasteiger partial charge on any atom is -0.481 e. The first-order valence-corrected chi connectivity index (χ1v) is 11.5. The molecule has 0 saturated carbocycles. The number of carbonyl (C=O) groups excluding carboxylic acids is 2. The molecular weight excluding hydrogens is 420 g/mol. The van der Waals surface area contributed by atoms with Gasteiger partial charge in [0.25, 0.3) is 0 Å². The normalized spacial score (nSPS) is 14.0. The molecule has 0 aromatic heterocycles. The van der Waals surface area contributed by atoms with Crippen LogP contribution in [-0.4, -0.2) is 53.7 Å². The number of rotatable bonds is 10. The molecule has 7 nitrogen and oxygen atoms in total. The summed E-state index contributed by atoms with van der Waals surface area (Å²) < 4.78 is 5.61. The second kappa shape index (κ2) is 11.0. The maximum atomic E-state index is 13.1. The van der Waals surface area contributed by atoms with E-state index in [4.69, 9.17) is 9.84 Å². The van der Waals surface area contributed by atoms with E-state index in [1.807, 2.05) is 50.2 Å². The highest BCUT2D eigenvalue weighted by Crippen LogP contribution is 2.44. The molecule has 33 heavy (non-hydrogen) atoms. The van der Waals surface area contributed by atoms with Crippen molar-refractivity contribution in [3.05, 3.63) is 59.7 Å². The van der Waals surface area contributed by atoms with Crippen molar-refractivity contribution in [2.24, 2.45) is 5.92 Å². The van der Waals surface area contributed by atoms with E-state index in [0.717, 1.165) is 22.3 Å². The zero-order chi connectivity index (χ0) is 24.0. The average molecular weight is 453 g/mol. The maximum absolute atomic E-state index is 13.1. The van der Waals surface area contributed by atoms with Gasteiger partial charge in [-0.2, -0.15) is 0 Å². The first-order chi connectivity index (χ1) is 15.9. The Balaban J connectivity index is 1.69. The average Bonchev–Trinajstić information content (AvgIpc) is 3.14. The molecule has 0 unspecified atom stereocenters. The van der Waals surface area contributed by atoms with Gasteiger partial charge in [-0.3, -0.25) is 9.59 Å². The molecule has 3 rings (SSSR count). The van der Waals surface area contributed by atoms with E-state index in [-0.39, 0.29) is 37.3 Å². The Bertz CT molecular complexity index is 960. The standard InChI is InChI=1S/C26H32N2O5/c1-4-17(3)24(25(31)28(5-2)15-14-23(29)30)27-26(32)33-16-22-20-12-8-6-10-18(20)19-11-7-9-13-21(19)22/h6-13,17,22,24H,4-5,14-16H2,1-3H3,(H,27,32)(H,29,30)/t17-,24-/m0/s1.